The molecule has 1 saturated carbocycles. The van der Waals surface area contributed by atoms with Gasteiger partial charge in [0.1, 0.15) is 0 Å². The van der Waals surface area contributed by atoms with Gasteiger partial charge >= 0.3 is 5.97 Å². The zero-order chi connectivity index (χ0) is 13.0. The molecule has 1 unspecified atom stereocenters. The summed E-state index contributed by atoms with van der Waals surface area (Å²) in [5.74, 6) is -0.235. The quantitative estimate of drug-likeness (QED) is 0.746. The van der Waals surface area contributed by atoms with E-state index in [4.69, 9.17) is 4.74 Å². The summed E-state index contributed by atoms with van der Waals surface area (Å²) in [5.41, 5.74) is -0.521. The van der Waals surface area contributed by atoms with E-state index in [0.717, 1.165) is 32.2 Å². The fourth-order valence-corrected chi connectivity index (χ4v) is 2.92. The number of β-amino-alcohol motifs (C(OH)–C–C–N with tert-alkyl or cyclic N) is 1. The highest BCUT2D eigenvalue weighted by Gasteiger charge is 2.35. The number of ether oxygens (including phenoxy) is 2. The number of hydrogen-bond donors (Lipinski definition) is 1. The Morgan fingerprint density at radius 2 is 2.22 bits per heavy atom. The predicted octanol–water partition coefficient (Wildman–Crippen LogP) is 0.555. The Morgan fingerprint density at radius 3 is 2.89 bits per heavy atom. The van der Waals surface area contributed by atoms with Gasteiger partial charge in [0, 0.05) is 19.6 Å². The van der Waals surface area contributed by atoms with Gasteiger partial charge in [0.05, 0.1) is 31.8 Å². The van der Waals surface area contributed by atoms with Crippen molar-refractivity contribution >= 4 is 5.97 Å². The van der Waals surface area contributed by atoms with Crippen molar-refractivity contribution in [1.29, 1.82) is 0 Å². The van der Waals surface area contributed by atoms with E-state index in [1.165, 1.54) is 7.11 Å². The fourth-order valence-electron chi connectivity index (χ4n) is 2.92. The number of carbonyl (C=O) groups excluding carboxylic acids is 1. The van der Waals surface area contributed by atoms with Gasteiger partial charge in [-0.05, 0) is 12.8 Å². The first-order valence-electron chi connectivity index (χ1n) is 6.74. The van der Waals surface area contributed by atoms with Crippen LogP contribution in [-0.4, -0.2) is 61.0 Å². The van der Waals surface area contributed by atoms with Crippen LogP contribution in [-0.2, 0) is 14.3 Å². The van der Waals surface area contributed by atoms with Gasteiger partial charge in [0.25, 0.3) is 0 Å². The van der Waals surface area contributed by atoms with Crippen LogP contribution in [0.3, 0.4) is 0 Å². The Kier molecular flexibility index (Phi) is 4.59. The highest BCUT2D eigenvalue weighted by molar-refractivity contribution is 5.69. The lowest BCUT2D eigenvalue weighted by Gasteiger charge is -2.36. The summed E-state index contributed by atoms with van der Waals surface area (Å²) < 4.78 is 10.2. The first kappa shape index (κ1) is 13.8. The maximum atomic E-state index is 11.2. The van der Waals surface area contributed by atoms with Gasteiger partial charge in [0.15, 0.2) is 0 Å². The van der Waals surface area contributed by atoms with Crippen LogP contribution < -0.4 is 0 Å². The van der Waals surface area contributed by atoms with Gasteiger partial charge in [-0.3, -0.25) is 9.69 Å². The highest BCUT2D eigenvalue weighted by Crippen LogP contribution is 2.30. The van der Waals surface area contributed by atoms with Crippen LogP contribution in [0.15, 0.2) is 0 Å². The van der Waals surface area contributed by atoms with Crippen LogP contribution >= 0.6 is 0 Å². The maximum Gasteiger partial charge on any atom is 0.308 e. The fraction of sp³-hybridized carbons (Fsp3) is 0.923. The molecule has 2 fully saturated rings. The standard InChI is InChI=1S/C13H23NO4/c1-17-12(15)8-11-9-14(6-7-18-11)10-13(16)4-2-3-5-13/h11,16H,2-10H2,1H3. The molecule has 0 spiro atoms. The van der Waals surface area contributed by atoms with E-state index in [9.17, 15) is 9.90 Å². The molecule has 18 heavy (non-hydrogen) atoms. The van der Waals surface area contributed by atoms with Crippen molar-refractivity contribution in [1.82, 2.24) is 4.90 Å². The van der Waals surface area contributed by atoms with Crippen LogP contribution in [0, 0.1) is 0 Å². The van der Waals surface area contributed by atoms with Crippen molar-refractivity contribution < 1.29 is 19.4 Å². The second-order valence-electron chi connectivity index (χ2n) is 5.44. The lowest BCUT2D eigenvalue weighted by atomic mass is 10.0. The highest BCUT2D eigenvalue weighted by atomic mass is 16.5. The van der Waals surface area contributed by atoms with Crippen LogP contribution in [0.2, 0.25) is 0 Å². The third-order valence-electron chi connectivity index (χ3n) is 3.90. The molecule has 1 heterocycles. The maximum absolute atomic E-state index is 11.2. The first-order chi connectivity index (χ1) is 8.61. The molecule has 2 aliphatic rings. The molecule has 1 N–H and O–H groups in total. The van der Waals surface area contributed by atoms with Crippen molar-refractivity contribution in [3.8, 4) is 0 Å². The summed E-state index contributed by atoms with van der Waals surface area (Å²) in [6.07, 6.45) is 4.22. The van der Waals surface area contributed by atoms with Gasteiger partial charge in [-0.2, -0.15) is 0 Å². The molecule has 0 radical (unpaired) electrons. The lowest BCUT2D eigenvalue weighted by molar-refractivity contribution is -0.146. The molecule has 1 aliphatic heterocycles. The number of nitrogens with zero attached hydrogens (tertiary/aromatic N) is 1. The second-order valence-corrected chi connectivity index (χ2v) is 5.44. The Balaban J connectivity index is 1.81. The molecular weight excluding hydrogens is 234 g/mol. The number of hydrogen-bond acceptors (Lipinski definition) is 5. The van der Waals surface area contributed by atoms with E-state index in [2.05, 4.69) is 9.64 Å². The molecule has 104 valence electrons. The van der Waals surface area contributed by atoms with Crippen molar-refractivity contribution in [2.45, 2.75) is 43.8 Å². The summed E-state index contributed by atoms with van der Waals surface area (Å²) >= 11 is 0. The van der Waals surface area contributed by atoms with E-state index in [0.29, 0.717) is 26.1 Å². The Morgan fingerprint density at radius 1 is 1.50 bits per heavy atom. The summed E-state index contributed by atoms with van der Waals surface area (Å²) in [4.78, 5) is 13.4. The monoisotopic (exact) mass is 257 g/mol. The van der Waals surface area contributed by atoms with Crippen LogP contribution in [0.1, 0.15) is 32.1 Å². The first-order valence-corrected chi connectivity index (χ1v) is 6.74. The largest absolute Gasteiger partial charge is 0.469 e. The van der Waals surface area contributed by atoms with Crippen LogP contribution in [0.5, 0.6) is 0 Å². The lowest BCUT2D eigenvalue weighted by Crippen LogP contribution is -2.49. The molecule has 1 saturated heterocycles. The SMILES string of the molecule is COC(=O)CC1CN(CC2(O)CCCC2)CCO1. The van der Waals surface area contributed by atoms with E-state index >= 15 is 0 Å². The Bertz CT molecular complexity index is 289. The molecule has 1 aliphatic carbocycles. The van der Waals surface area contributed by atoms with Crippen molar-refractivity contribution in [3.05, 3.63) is 0 Å². The normalized spacial score (nSPS) is 28.2. The molecule has 0 aromatic heterocycles. The molecule has 0 bridgehead atoms. The average Bonchev–Trinajstić information content (AvgIpc) is 2.76. The van der Waals surface area contributed by atoms with Gasteiger partial charge < -0.3 is 14.6 Å². The van der Waals surface area contributed by atoms with Crippen molar-refractivity contribution in [2.24, 2.45) is 0 Å². The number of methoxy groups -OCH3 is 1. The number of rotatable bonds is 4. The van der Waals surface area contributed by atoms with Gasteiger partial charge in [-0.25, -0.2) is 0 Å². The molecule has 0 aromatic rings. The van der Waals surface area contributed by atoms with Crippen molar-refractivity contribution in [2.75, 3.05) is 33.4 Å². The van der Waals surface area contributed by atoms with Gasteiger partial charge in [-0.1, -0.05) is 12.8 Å². The number of carbonyl (C=O) groups is 1. The molecule has 5 nitrogen and oxygen atoms in total. The molecule has 0 amide bonds. The molecule has 1 atom stereocenters. The van der Waals surface area contributed by atoms with E-state index in [1.807, 2.05) is 0 Å². The smallest absolute Gasteiger partial charge is 0.308 e. The minimum atomic E-state index is -0.521. The molecule has 0 aromatic carbocycles. The molecular formula is C13H23NO4. The minimum Gasteiger partial charge on any atom is -0.469 e. The van der Waals surface area contributed by atoms with Gasteiger partial charge in [-0.15, -0.1) is 0 Å². The number of esters is 1. The van der Waals surface area contributed by atoms with E-state index in [-0.39, 0.29) is 12.1 Å². The molecule has 5 heteroatoms. The third kappa shape index (κ3) is 3.67. The minimum absolute atomic E-state index is 0.101. The Hall–Kier alpha value is -0.650. The summed E-state index contributed by atoms with van der Waals surface area (Å²) in [6, 6.07) is 0. The second kappa shape index (κ2) is 5.99. The predicted molar refractivity (Wildman–Crippen MR) is 66.2 cm³/mol. The summed E-state index contributed by atoms with van der Waals surface area (Å²) in [6.45, 7) is 2.86. The average molecular weight is 257 g/mol. The number of aliphatic hydroxyl groups is 1. The van der Waals surface area contributed by atoms with Gasteiger partial charge in [0.2, 0.25) is 0 Å². The van der Waals surface area contributed by atoms with Crippen molar-refractivity contribution in [3.63, 3.8) is 0 Å². The Labute approximate surface area is 108 Å². The third-order valence-corrected chi connectivity index (χ3v) is 3.90. The topological polar surface area (TPSA) is 59.0 Å². The van der Waals surface area contributed by atoms with E-state index < -0.39 is 5.60 Å². The zero-order valence-corrected chi connectivity index (χ0v) is 11.1. The summed E-state index contributed by atoms with van der Waals surface area (Å²) in [7, 11) is 1.39. The van der Waals surface area contributed by atoms with Crippen LogP contribution in [0.4, 0.5) is 0 Å². The molecule has 2 rings (SSSR count). The number of morpholine rings is 1. The zero-order valence-electron chi connectivity index (χ0n) is 11.1. The van der Waals surface area contributed by atoms with Crippen LogP contribution in [0.25, 0.3) is 0 Å². The van der Waals surface area contributed by atoms with E-state index in [1.54, 1.807) is 0 Å². The summed E-state index contributed by atoms with van der Waals surface area (Å²) in [5, 5.41) is 10.4.